The molecule has 0 saturated carbocycles. The van der Waals surface area contributed by atoms with Crippen LogP contribution >= 0.6 is 15.9 Å². The van der Waals surface area contributed by atoms with Crippen molar-refractivity contribution < 1.29 is 4.92 Å². The van der Waals surface area contributed by atoms with Crippen molar-refractivity contribution in [3.63, 3.8) is 0 Å². The summed E-state index contributed by atoms with van der Waals surface area (Å²) in [4.78, 5) is 14.5. The predicted molar refractivity (Wildman–Crippen MR) is 83.8 cm³/mol. The van der Waals surface area contributed by atoms with Crippen LogP contribution in [-0.2, 0) is 6.42 Å². The SMILES string of the molecule is CCCNC(Cc1ncc([N+](=O)[O-])cc1Br)CC(C)C. The molecule has 0 spiro atoms. The van der Waals surface area contributed by atoms with Crippen molar-refractivity contribution in [1.82, 2.24) is 10.3 Å². The molecule has 1 unspecified atom stereocenters. The molecular weight excluding hydrogens is 322 g/mol. The molecule has 0 amide bonds. The van der Waals surface area contributed by atoms with Crippen LogP contribution in [0.2, 0.25) is 0 Å². The third-order valence-electron chi connectivity index (χ3n) is 2.99. The van der Waals surface area contributed by atoms with Gasteiger partial charge in [0.05, 0.1) is 10.6 Å². The fourth-order valence-corrected chi connectivity index (χ4v) is 2.59. The summed E-state index contributed by atoms with van der Waals surface area (Å²) in [7, 11) is 0. The first-order chi connectivity index (χ1) is 9.43. The minimum absolute atomic E-state index is 0.0163. The van der Waals surface area contributed by atoms with Gasteiger partial charge >= 0.3 is 0 Å². The third-order valence-corrected chi connectivity index (χ3v) is 3.68. The van der Waals surface area contributed by atoms with Crippen molar-refractivity contribution in [3.8, 4) is 0 Å². The van der Waals surface area contributed by atoms with Crippen molar-refractivity contribution in [2.75, 3.05) is 6.54 Å². The van der Waals surface area contributed by atoms with Gasteiger partial charge in [-0.25, -0.2) is 0 Å². The average molecular weight is 344 g/mol. The Hall–Kier alpha value is -1.01. The van der Waals surface area contributed by atoms with Crippen LogP contribution in [0.5, 0.6) is 0 Å². The predicted octanol–water partition coefficient (Wildman–Crippen LogP) is 3.71. The molecule has 0 radical (unpaired) electrons. The summed E-state index contributed by atoms with van der Waals surface area (Å²) in [5.74, 6) is 0.598. The molecule has 5 nitrogen and oxygen atoms in total. The summed E-state index contributed by atoms with van der Waals surface area (Å²) in [5, 5.41) is 14.2. The quantitative estimate of drug-likeness (QED) is 0.577. The monoisotopic (exact) mass is 343 g/mol. The molecule has 0 fully saturated rings. The van der Waals surface area contributed by atoms with Gasteiger partial charge in [-0.1, -0.05) is 20.8 Å². The highest BCUT2D eigenvalue weighted by atomic mass is 79.9. The van der Waals surface area contributed by atoms with Gasteiger partial charge in [0.25, 0.3) is 5.69 Å². The molecule has 1 N–H and O–H groups in total. The maximum absolute atomic E-state index is 10.7. The first kappa shape index (κ1) is 17.0. The standard InChI is InChI=1S/C14H22BrN3O2/c1-4-5-16-11(6-10(2)3)7-14-13(15)8-12(9-17-14)18(19)20/h8-11,16H,4-7H2,1-3H3. The summed E-state index contributed by atoms with van der Waals surface area (Å²) in [6, 6.07) is 1.87. The van der Waals surface area contributed by atoms with Gasteiger partial charge in [0.1, 0.15) is 6.20 Å². The van der Waals surface area contributed by atoms with Crippen LogP contribution in [-0.4, -0.2) is 22.5 Å². The van der Waals surface area contributed by atoms with Gasteiger partial charge < -0.3 is 5.32 Å². The number of nitrogens with one attached hydrogen (secondary N) is 1. The second-order valence-corrected chi connectivity index (χ2v) is 6.22. The van der Waals surface area contributed by atoms with Crippen molar-refractivity contribution in [2.24, 2.45) is 5.92 Å². The van der Waals surface area contributed by atoms with Gasteiger partial charge in [-0.05, 0) is 41.2 Å². The Bertz CT molecular complexity index is 452. The first-order valence-corrected chi connectivity index (χ1v) is 7.75. The zero-order chi connectivity index (χ0) is 15.1. The molecule has 0 aliphatic heterocycles. The van der Waals surface area contributed by atoms with E-state index in [0.29, 0.717) is 16.4 Å². The molecule has 1 atom stereocenters. The number of aromatic nitrogens is 1. The lowest BCUT2D eigenvalue weighted by Crippen LogP contribution is -2.33. The van der Waals surface area contributed by atoms with Crippen LogP contribution in [0.25, 0.3) is 0 Å². The van der Waals surface area contributed by atoms with Gasteiger partial charge in [0.15, 0.2) is 0 Å². The fourth-order valence-electron chi connectivity index (χ4n) is 2.10. The van der Waals surface area contributed by atoms with Crippen LogP contribution in [0.3, 0.4) is 0 Å². The Balaban J connectivity index is 2.79. The van der Waals surface area contributed by atoms with E-state index in [-0.39, 0.29) is 5.69 Å². The zero-order valence-electron chi connectivity index (χ0n) is 12.2. The fraction of sp³-hybridized carbons (Fsp3) is 0.643. The lowest BCUT2D eigenvalue weighted by molar-refractivity contribution is -0.385. The molecule has 0 saturated heterocycles. The van der Waals surface area contributed by atoms with Crippen LogP contribution in [0.1, 0.15) is 39.3 Å². The molecule has 1 aromatic rings. The number of pyridine rings is 1. The summed E-state index contributed by atoms with van der Waals surface area (Å²) >= 11 is 3.38. The minimum atomic E-state index is -0.428. The van der Waals surface area contributed by atoms with E-state index in [1.165, 1.54) is 12.3 Å². The van der Waals surface area contributed by atoms with Crippen molar-refractivity contribution in [2.45, 2.75) is 46.1 Å². The molecule has 1 heterocycles. The van der Waals surface area contributed by atoms with E-state index in [9.17, 15) is 10.1 Å². The molecule has 1 aromatic heterocycles. The molecule has 6 heteroatoms. The topological polar surface area (TPSA) is 68.1 Å². The van der Waals surface area contributed by atoms with E-state index in [0.717, 1.165) is 31.5 Å². The van der Waals surface area contributed by atoms with Crippen LogP contribution in [0.15, 0.2) is 16.7 Å². The zero-order valence-corrected chi connectivity index (χ0v) is 13.8. The number of nitro groups is 1. The van der Waals surface area contributed by atoms with Crippen LogP contribution in [0, 0.1) is 16.0 Å². The van der Waals surface area contributed by atoms with Gasteiger partial charge in [-0.15, -0.1) is 0 Å². The Morgan fingerprint density at radius 3 is 2.70 bits per heavy atom. The van der Waals surface area contributed by atoms with Crippen LogP contribution in [0.4, 0.5) is 5.69 Å². The highest BCUT2D eigenvalue weighted by Crippen LogP contribution is 2.22. The normalized spacial score (nSPS) is 12.7. The largest absolute Gasteiger partial charge is 0.314 e. The Morgan fingerprint density at radius 2 is 2.20 bits per heavy atom. The van der Waals surface area contributed by atoms with Gasteiger partial charge in [-0.3, -0.25) is 15.1 Å². The molecular formula is C14H22BrN3O2. The molecule has 112 valence electrons. The number of nitrogens with zero attached hydrogens (tertiary/aromatic N) is 2. The molecule has 0 aliphatic rings. The Labute approximate surface area is 128 Å². The van der Waals surface area contributed by atoms with E-state index in [1.54, 1.807) is 0 Å². The molecule has 0 aliphatic carbocycles. The number of rotatable bonds is 8. The van der Waals surface area contributed by atoms with Crippen LogP contribution < -0.4 is 5.32 Å². The van der Waals surface area contributed by atoms with E-state index < -0.39 is 4.92 Å². The molecule has 20 heavy (non-hydrogen) atoms. The Kier molecular flexibility index (Phi) is 7.09. The molecule has 1 rings (SSSR count). The maximum Gasteiger partial charge on any atom is 0.288 e. The minimum Gasteiger partial charge on any atom is -0.314 e. The molecule has 0 aromatic carbocycles. The molecule has 0 bridgehead atoms. The summed E-state index contributed by atoms with van der Waals surface area (Å²) in [6.45, 7) is 7.50. The highest BCUT2D eigenvalue weighted by molar-refractivity contribution is 9.10. The van der Waals surface area contributed by atoms with E-state index in [1.807, 2.05) is 0 Å². The lowest BCUT2D eigenvalue weighted by atomic mass is 9.99. The summed E-state index contributed by atoms with van der Waals surface area (Å²) in [6.07, 6.45) is 4.25. The highest BCUT2D eigenvalue weighted by Gasteiger charge is 2.16. The average Bonchev–Trinajstić information content (AvgIpc) is 2.37. The third kappa shape index (κ3) is 5.54. The van der Waals surface area contributed by atoms with Crippen molar-refractivity contribution >= 4 is 21.6 Å². The smallest absolute Gasteiger partial charge is 0.288 e. The van der Waals surface area contributed by atoms with Crippen molar-refractivity contribution in [1.29, 1.82) is 0 Å². The van der Waals surface area contributed by atoms with Gasteiger partial charge in [0, 0.05) is 23.0 Å². The van der Waals surface area contributed by atoms with Gasteiger partial charge in [0.2, 0.25) is 0 Å². The summed E-state index contributed by atoms with van der Waals surface area (Å²) in [5.41, 5.74) is 0.882. The lowest BCUT2D eigenvalue weighted by Gasteiger charge is -2.20. The van der Waals surface area contributed by atoms with E-state index >= 15 is 0 Å². The second-order valence-electron chi connectivity index (χ2n) is 5.36. The first-order valence-electron chi connectivity index (χ1n) is 6.96. The maximum atomic E-state index is 10.7. The number of hydrogen-bond donors (Lipinski definition) is 1. The van der Waals surface area contributed by atoms with E-state index in [2.05, 4.69) is 47.0 Å². The Morgan fingerprint density at radius 1 is 1.50 bits per heavy atom. The van der Waals surface area contributed by atoms with Gasteiger partial charge in [-0.2, -0.15) is 0 Å². The number of hydrogen-bond acceptors (Lipinski definition) is 4. The summed E-state index contributed by atoms with van der Waals surface area (Å²) < 4.78 is 0.707. The van der Waals surface area contributed by atoms with E-state index in [4.69, 9.17) is 0 Å². The second kappa shape index (κ2) is 8.32. The number of halogens is 1. The van der Waals surface area contributed by atoms with Crippen molar-refractivity contribution in [3.05, 3.63) is 32.5 Å².